The number of H-pyrrole nitrogens is 1. The van der Waals surface area contributed by atoms with Gasteiger partial charge in [0.15, 0.2) is 0 Å². The summed E-state index contributed by atoms with van der Waals surface area (Å²) in [4.78, 5) is 8.10. The van der Waals surface area contributed by atoms with Crippen molar-refractivity contribution in [3.05, 3.63) is 65.1 Å². The van der Waals surface area contributed by atoms with Crippen molar-refractivity contribution < 1.29 is 14.2 Å². The van der Waals surface area contributed by atoms with Crippen LogP contribution in [0.5, 0.6) is 5.75 Å². The molecule has 0 amide bonds. The zero-order chi connectivity index (χ0) is 20.2. The number of fused-ring (bicyclic) bond motifs is 4. The number of nitrogens with zero attached hydrogens (tertiary/aromatic N) is 2. The standard InChI is InChI=1S/C23H26FN3O2/c1-26-12-23(13-26)14-27(10-15-5-3-4-6-18(15)24)20(11-28)22-21(23)17-8-7-16(29-2)9-19(17)25-22/h3-9,20,25,28H,10-14H2,1-2H3/t20-/m0/s1. The number of benzene rings is 2. The third-order valence-corrected chi connectivity index (χ3v) is 6.49. The van der Waals surface area contributed by atoms with Crippen molar-refractivity contribution in [1.29, 1.82) is 0 Å². The number of aromatic amines is 1. The highest BCUT2D eigenvalue weighted by atomic mass is 19.1. The van der Waals surface area contributed by atoms with E-state index in [1.807, 2.05) is 24.3 Å². The van der Waals surface area contributed by atoms with Crippen molar-refractivity contribution in [2.45, 2.75) is 18.0 Å². The molecule has 1 atom stereocenters. The summed E-state index contributed by atoms with van der Waals surface area (Å²) < 4.78 is 19.8. The second kappa shape index (κ2) is 6.83. The Bertz CT molecular complexity index is 1060. The molecule has 29 heavy (non-hydrogen) atoms. The molecule has 0 unspecified atom stereocenters. The van der Waals surface area contributed by atoms with Crippen LogP contribution in [0.4, 0.5) is 4.39 Å². The second-order valence-corrected chi connectivity index (χ2v) is 8.47. The molecule has 1 spiro atoms. The molecule has 152 valence electrons. The molecular weight excluding hydrogens is 369 g/mol. The number of rotatable bonds is 4. The zero-order valence-corrected chi connectivity index (χ0v) is 16.8. The van der Waals surface area contributed by atoms with Crippen LogP contribution in [0.15, 0.2) is 42.5 Å². The first-order chi connectivity index (χ1) is 14.0. The quantitative estimate of drug-likeness (QED) is 0.713. The van der Waals surface area contributed by atoms with Crippen molar-refractivity contribution in [1.82, 2.24) is 14.8 Å². The van der Waals surface area contributed by atoms with E-state index >= 15 is 0 Å². The van der Waals surface area contributed by atoms with Crippen molar-refractivity contribution in [2.24, 2.45) is 0 Å². The number of aromatic nitrogens is 1. The first-order valence-electron chi connectivity index (χ1n) is 10.0. The van der Waals surface area contributed by atoms with Crippen LogP contribution in [0.1, 0.15) is 22.9 Å². The van der Waals surface area contributed by atoms with Gasteiger partial charge in [0.25, 0.3) is 0 Å². The van der Waals surface area contributed by atoms with Crippen LogP contribution in [0, 0.1) is 5.82 Å². The molecule has 1 aromatic heterocycles. The van der Waals surface area contributed by atoms with Gasteiger partial charge in [-0.2, -0.15) is 0 Å². The summed E-state index contributed by atoms with van der Waals surface area (Å²) in [6.07, 6.45) is 0. The minimum absolute atomic E-state index is 0.0165. The van der Waals surface area contributed by atoms with E-state index in [1.165, 1.54) is 17.0 Å². The number of hydrogen-bond donors (Lipinski definition) is 2. The molecule has 6 heteroatoms. The molecule has 0 saturated carbocycles. The molecule has 5 rings (SSSR count). The first-order valence-corrected chi connectivity index (χ1v) is 10.0. The fourth-order valence-corrected chi connectivity index (χ4v) is 5.37. The topological polar surface area (TPSA) is 51.7 Å². The normalized spacial score (nSPS) is 21.3. The largest absolute Gasteiger partial charge is 0.497 e. The molecule has 1 saturated heterocycles. The highest BCUT2D eigenvalue weighted by Gasteiger charge is 2.51. The van der Waals surface area contributed by atoms with E-state index in [1.54, 1.807) is 13.2 Å². The Kier molecular flexibility index (Phi) is 4.38. The molecular formula is C23H26FN3O2. The third-order valence-electron chi connectivity index (χ3n) is 6.49. The van der Waals surface area contributed by atoms with E-state index in [9.17, 15) is 9.50 Å². The molecule has 0 bridgehead atoms. The Hall–Kier alpha value is -2.41. The Morgan fingerprint density at radius 1 is 1.21 bits per heavy atom. The molecule has 1 fully saturated rings. The Morgan fingerprint density at radius 2 is 2.00 bits per heavy atom. The fourth-order valence-electron chi connectivity index (χ4n) is 5.37. The van der Waals surface area contributed by atoms with E-state index in [0.717, 1.165) is 36.6 Å². The summed E-state index contributed by atoms with van der Waals surface area (Å²) in [7, 11) is 3.79. The van der Waals surface area contributed by atoms with Crippen LogP contribution in [-0.4, -0.2) is 60.3 Å². The van der Waals surface area contributed by atoms with Gasteiger partial charge in [0, 0.05) is 59.8 Å². The number of aliphatic hydroxyl groups excluding tert-OH is 1. The molecule has 2 aromatic carbocycles. The van der Waals surface area contributed by atoms with Gasteiger partial charge in [-0.15, -0.1) is 0 Å². The summed E-state index contributed by atoms with van der Waals surface area (Å²) in [5, 5.41) is 11.5. The zero-order valence-electron chi connectivity index (χ0n) is 16.8. The highest BCUT2D eigenvalue weighted by molar-refractivity contribution is 5.88. The SMILES string of the molecule is COc1ccc2c3c([nH]c2c1)[C@H](CO)N(Cc1ccccc1F)CC31CN(C)C1. The summed E-state index contributed by atoms with van der Waals surface area (Å²) in [5.74, 6) is 0.607. The lowest BCUT2D eigenvalue weighted by Gasteiger charge is -2.55. The first kappa shape index (κ1) is 18.6. The maximum absolute atomic E-state index is 14.4. The van der Waals surface area contributed by atoms with Crippen LogP contribution < -0.4 is 4.74 Å². The van der Waals surface area contributed by atoms with Crippen molar-refractivity contribution in [3.63, 3.8) is 0 Å². The maximum Gasteiger partial charge on any atom is 0.127 e. The van der Waals surface area contributed by atoms with Gasteiger partial charge in [-0.25, -0.2) is 4.39 Å². The van der Waals surface area contributed by atoms with Gasteiger partial charge in [0.2, 0.25) is 0 Å². The van der Waals surface area contributed by atoms with Crippen molar-refractivity contribution in [2.75, 3.05) is 40.4 Å². The van der Waals surface area contributed by atoms with Gasteiger partial charge in [-0.05, 0) is 30.8 Å². The Labute approximate surface area is 169 Å². The number of hydrogen-bond acceptors (Lipinski definition) is 4. The number of likely N-dealkylation sites (tertiary alicyclic amines) is 1. The number of ether oxygens (including phenoxy) is 1. The smallest absolute Gasteiger partial charge is 0.127 e. The number of likely N-dealkylation sites (N-methyl/N-ethyl adjacent to an activating group) is 1. The molecule has 3 heterocycles. The van der Waals surface area contributed by atoms with Crippen LogP contribution in [0.25, 0.3) is 10.9 Å². The lowest BCUT2D eigenvalue weighted by molar-refractivity contribution is 0.00378. The van der Waals surface area contributed by atoms with Gasteiger partial charge in [0.1, 0.15) is 11.6 Å². The van der Waals surface area contributed by atoms with Crippen molar-refractivity contribution in [3.8, 4) is 5.75 Å². The molecule has 2 N–H and O–H groups in total. The van der Waals surface area contributed by atoms with E-state index in [2.05, 4.69) is 27.9 Å². The summed E-state index contributed by atoms with van der Waals surface area (Å²) >= 11 is 0. The number of methoxy groups -OCH3 is 1. The van der Waals surface area contributed by atoms with Crippen LogP contribution in [0.3, 0.4) is 0 Å². The number of halogens is 1. The summed E-state index contributed by atoms with van der Waals surface area (Å²) in [6.45, 7) is 3.15. The van der Waals surface area contributed by atoms with E-state index in [4.69, 9.17) is 4.74 Å². The van der Waals surface area contributed by atoms with Gasteiger partial charge in [0.05, 0.1) is 19.8 Å². The van der Waals surface area contributed by atoms with Gasteiger partial charge >= 0.3 is 0 Å². The van der Waals surface area contributed by atoms with Gasteiger partial charge in [-0.1, -0.05) is 18.2 Å². The molecule has 0 aliphatic carbocycles. The second-order valence-electron chi connectivity index (χ2n) is 8.47. The Morgan fingerprint density at radius 3 is 2.69 bits per heavy atom. The van der Waals surface area contributed by atoms with Crippen LogP contribution in [0.2, 0.25) is 0 Å². The van der Waals surface area contributed by atoms with E-state index in [-0.39, 0.29) is 23.9 Å². The molecule has 2 aliphatic rings. The molecule has 3 aromatic rings. The average Bonchev–Trinajstić information content (AvgIpc) is 3.07. The van der Waals surface area contributed by atoms with Gasteiger partial charge in [-0.3, -0.25) is 4.90 Å². The van der Waals surface area contributed by atoms with E-state index < -0.39 is 0 Å². The lowest BCUT2D eigenvalue weighted by Crippen LogP contribution is -2.65. The fraction of sp³-hybridized carbons (Fsp3) is 0.391. The summed E-state index contributed by atoms with van der Waals surface area (Å²) in [5.41, 5.74) is 4.02. The monoisotopic (exact) mass is 395 g/mol. The maximum atomic E-state index is 14.4. The predicted molar refractivity (Wildman–Crippen MR) is 111 cm³/mol. The lowest BCUT2D eigenvalue weighted by atomic mass is 9.69. The molecule has 2 aliphatic heterocycles. The highest BCUT2D eigenvalue weighted by Crippen LogP contribution is 2.48. The number of nitrogens with one attached hydrogen (secondary N) is 1. The molecule has 0 radical (unpaired) electrons. The van der Waals surface area contributed by atoms with Crippen LogP contribution in [-0.2, 0) is 12.0 Å². The minimum Gasteiger partial charge on any atom is -0.497 e. The molecule has 5 nitrogen and oxygen atoms in total. The number of aliphatic hydroxyl groups is 1. The Balaban J connectivity index is 1.63. The third kappa shape index (κ3) is 2.86. The van der Waals surface area contributed by atoms with Crippen molar-refractivity contribution >= 4 is 10.9 Å². The van der Waals surface area contributed by atoms with Crippen LogP contribution >= 0.6 is 0 Å². The van der Waals surface area contributed by atoms with Gasteiger partial charge < -0.3 is 19.7 Å². The summed E-state index contributed by atoms with van der Waals surface area (Å²) in [6, 6.07) is 12.8. The average molecular weight is 395 g/mol. The minimum atomic E-state index is -0.198. The van der Waals surface area contributed by atoms with E-state index in [0.29, 0.717) is 12.1 Å². The predicted octanol–water partition coefficient (Wildman–Crippen LogP) is 3.05.